The highest BCUT2D eigenvalue weighted by Crippen LogP contribution is 2.24. The van der Waals surface area contributed by atoms with Crippen molar-refractivity contribution in [2.45, 2.75) is 32.5 Å². The minimum atomic E-state index is 0.380. The molecule has 1 fully saturated rings. The van der Waals surface area contributed by atoms with Gasteiger partial charge in [0.15, 0.2) is 5.96 Å². The number of guanidine groups is 1. The van der Waals surface area contributed by atoms with Crippen LogP contribution in [0.4, 0.5) is 0 Å². The predicted octanol–water partition coefficient (Wildman–Crippen LogP) is 1.98. The second-order valence-electron chi connectivity index (χ2n) is 7.87. The molecule has 1 aliphatic rings. The molecular formula is C22H34N6O2. The molecule has 2 aromatic rings. The van der Waals surface area contributed by atoms with Gasteiger partial charge in [-0.1, -0.05) is 6.92 Å². The summed E-state index contributed by atoms with van der Waals surface area (Å²) in [6.45, 7) is 6.84. The molecule has 1 aromatic carbocycles. The SMILES string of the molecule is CN=C(NCC(C)Cn1cccn1)NC1CCN(Cc2cc(OC)cc(OC)c2)C1. The molecule has 2 unspecified atom stereocenters. The highest BCUT2D eigenvalue weighted by Gasteiger charge is 2.23. The van der Waals surface area contributed by atoms with Crippen LogP contribution in [0.1, 0.15) is 18.9 Å². The average molecular weight is 415 g/mol. The molecule has 1 aliphatic heterocycles. The van der Waals surface area contributed by atoms with Crippen LogP contribution in [0.3, 0.4) is 0 Å². The van der Waals surface area contributed by atoms with Crippen LogP contribution in [0.2, 0.25) is 0 Å². The third-order valence-corrected chi connectivity index (χ3v) is 5.33. The molecule has 2 heterocycles. The third kappa shape index (κ3) is 6.38. The lowest BCUT2D eigenvalue weighted by atomic mass is 10.2. The van der Waals surface area contributed by atoms with E-state index in [-0.39, 0.29) is 0 Å². The summed E-state index contributed by atoms with van der Waals surface area (Å²) >= 11 is 0. The molecule has 8 heteroatoms. The zero-order chi connectivity index (χ0) is 21.3. The maximum absolute atomic E-state index is 5.39. The highest BCUT2D eigenvalue weighted by molar-refractivity contribution is 5.80. The Balaban J connectivity index is 1.45. The Morgan fingerprint density at radius 3 is 2.67 bits per heavy atom. The van der Waals surface area contributed by atoms with Crippen LogP contribution in [0.15, 0.2) is 41.7 Å². The Hall–Kier alpha value is -2.74. The van der Waals surface area contributed by atoms with Crippen molar-refractivity contribution in [3.05, 3.63) is 42.2 Å². The van der Waals surface area contributed by atoms with Crippen molar-refractivity contribution in [3.63, 3.8) is 0 Å². The first-order chi connectivity index (χ1) is 14.6. The van der Waals surface area contributed by atoms with Gasteiger partial charge in [0, 0.05) is 64.3 Å². The van der Waals surface area contributed by atoms with E-state index < -0.39 is 0 Å². The van der Waals surface area contributed by atoms with Gasteiger partial charge in [-0.05, 0) is 36.1 Å². The number of methoxy groups -OCH3 is 2. The van der Waals surface area contributed by atoms with Gasteiger partial charge in [-0.3, -0.25) is 14.6 Å². The van der Waals surface area contributed by atoms with E-state index in [0.29, 0.717) is 12.0 Å². The molecule has 2 atom stereocenters. The van der Waals surface area contributed by atoms with Crippen LogP contribution in [-0.4, -0.2) is 67.6 Å². The smallest absolute Gasteiger partial charge is 0.191 e. The minimum Gasteiger partial charge on any atom is -0.497 e. The van der Waals surface area contributed by atoms with E-state index >= 15 is 0 Å². The number of hydrogen-bond acceptors (Lipinski definition) is 5. The molecule has 0 amide bonds. The lowest BCUT2D eigenvalue weighted by Gasteiger charge is -2.20. The summed E-state index contributed by atoms with van der Waals surface area (Å²) < 4.78 is 12.7. The lowest BCUT2D eigenvalue weighted by Crippen LogP contribution is -2.45. The molecule has 1 saturated heterocycles. The second-order valence-corrected chi connectivity index (χ2v) is 7.87. The summed E-state index contributed by atoms with van der Waals surface area (Å²) in [5.74, 6) is 2.96. The number of aliphatic imine (C=N–C) groups is 1. The molecule has 2 N–H and O–H groups in total. The predicted molar refractivity (Wildman–Crippen MR) is 119 cm³/mol. The van der Waals surface area contributed by atoms with Gasteiger partial charge in [-0.15, -0.1) is 0 Å². The topological polar surface area (TPSA) is 75.9 Å². The van der Waals surface area contributed by atoms with Crippen LogP contribution in [-0.2, 0) is 13.1 Å². The number of nitrogens with zero attached hydrogens (tertiary/aromatic N) is 4. The fraction of sp³-hybridized carbons (Fsp3) is 0.545. The summed E-state index contributed by atoms with van der Waals surface area (Å²) in [6, 6.07) is 8.38. The number of benzene rings is 1. The summed E-state index contributed by atoms with van der Waals surface area (Å²) in [5.41, 5.74) is 1.20. The van der Waals surface area contributed by atoms with Gasteiger partial charge in [0.25, 0.3) is 0 Å². The van der Waals surface area contributed by atoms with E-state index in [1.165, 1.54) is 5.56 Å². The van der Waals surface area contributed by atoms with Gasteiger partial charge in [0.2, 0.25) is 0 Å². The quantitative estimate of drug-likeness (QED) is 0.483. The summed E-state index contributed by atoms with van der Waals surface area (Å²) in [5, 5.41) is 11.3. The fourth-order valence-electron chi connectivity index (χ4n) is 3.76. The van der Waals surface area contributed by atoms with E-state index in [4.69, 9.17) is 9.47 Å². The first-order valence-corrected chi connectivity index (χ1v) is 10.5. The van der Waals surface area contributed by atoms with Crippen LogP contribution in [0.25, 0.3) is 0 Å². The highest BCUT2D eigenvalue weighted by atomic mass is 16.5. The average Bonchev–Trinajstić information content (AvgIpc) is 3.42. The Morgan fingerprint density at radius 1 is 1.27 bits per heavy atom. The molecule has 0 bridgehead atoms. The maximum atomic E-state index is 5.39. The zero-order valence-electron chi connectivity index (χ0n) is 18.5. The van der Waals surface area contributed by atoms with Crippen LogP contribution >= 0.6 is 0 Å². The minimum absolute atomic E-state index is 0.380. The van der Waals surface area contributed by atoms with Gasteiger partial charge in [0.1, 0.15) is 11.5 Å². The molecule has 8 nitrogen and oxygen atoms in total. The number of nitrogens with one attached hydrogen (secondary N) is 2. The van der Waals surface area contributed by atoms with Crippen molar-refractivity contribution in [3.8, 4) is 11.5 Å². The van der Waals surface area contributed by atoms with Gasteiger partial charge in [-0.25, -0.2) is 0 Å². The molecule has 0 aliphatic carbocycles. The number of likely N-dealkylation sites (tertiary alicyclic amines) is 1. The monoisotopic (exact) mass is 414 g/mol. The van der Waals surface area contributed by atoms with E-state index in [9.17, 15) is 0 Å². The van der Waals surface area contributed by atoms with Gasteiger partial charge in [0.05, 0.1) is 14.2 Å². The van der Waals surface area contributed by atoms with Crippen molar-refractivity contribution in [2.24, 2.45) is 10.9 Å². The molecule has 0 saturated carbocycles. The molecule has 0 radical (unpaired) electrons. The number of rotatable bonds is 9. The van der Waals surface area contributed by atoms with Crippen LogP contribution in [0, 0.1) is 5.92 Å². The molecule has 30 heavy (non-hydrogen) atoms. The first kappa shape index (κ1) is 22.0. The fourth-order valence-corrected chi connectivity index (χ4v) is 3.76. The maximum Gasteiger partial charge on any atom is 0.191 e. The molecule has 1 aromatic heterocycles. The van der Waals surface area contributed by atoms with Crippen molar-refractivity contribution in [1.82, 2.24) is 25.3 Å². The largest absolute Gasteiger partial charge is 0.497 e. The van der Waals surface area contributed by atoms with Gasteiger partial charge >= 0.3 is 0 Å². The van der Waals surface area contributed by atoms with Crippen molar-refractivity contribution in [2.75, 3.05) is 40.9 Å². The van der Waals surface area contributed by atoms with Crippen molar-refractivity contribution in [1.29, 1.82) is 0 Å². The Kier molecular flexibility index (Phi) is 7.96. The van der Waals surface area contributed by atoms with E-state index in [1.54, 1.807) is 14.2 Å². The second kappa shape index (κ2) is 10.9. The number of aromatic nitrogens is 2. The summed E-state index contributed by atoms with van der Waals surface area (Å²) in [4.78, 5) is 6.84. The van der Waals surface area contributed by atoms with Crippen molar-refractivity contribution < 1.29 is 9.47 Å². The Labute approximate surface area is 179 Å². The number of hydrogen-bond donors (Lipinski definition) is 2. The zero-order valence-corrected chi connectivity index (χ0v) is 18.5. The van der Waals surface area contributed by atoms with E-state index in [1.807, 2.05) is 36.3 Å². The Bertz CT molecular complexity index is 786. The number of ether oxygens (including phenoxy) is 2. The standard InChI is InChI=1S/C22H34N6O2/c1-17(14-28-8-5-7-25-28)13-24-22(23-2)26-19-6-9-27(16-19)15-18-10-20(29-3)12-21(11-18)30-4/h5,7-8,10-12,17,19H,6,9,13-16H2,1-4H3,(H2,23,24,26). The van der Waals surface area contributed by atoms with Crippen LogP contribution in [0.5, 0.6) is 11.5 Å². The van der Waals surface area contributed by atoms with Gasteiger partial charge in [-0.2, -0.15) is 5.10 Å². The molecule has 164 valence electrons. The van der Waals surface area contributed by atoms with Gasteiger partial charge < -0.3 is 20.1 Å². The molecule has 3 rings (SSSR count). The van der Waals surface area contributed by atoms with Crippen LogP contribution < -0.4 is 20.1 Å². The van der Waals surface area contributed by atoms with Crippen molar-refractivity contribution >= 4 is 5.96 Å². The van der Waals surface area contributed by atoms with E-state index in [0.717, 1.165) is 56.6 Å². The summed E-state index contributed by atoms with van der Waals surface area (Å²) in [7, 11) is 5.19. The normalized spacial score (nSPS) is 18.3. The van der Waals surface area contributed by atoms with E-state index in [2.05, 4.69) is 44.7 Å². The molecular weight excluding hydrogens is 380 g/mol. The third-order valence-electron chi connectivity index (χ3n) is 5.33. The Morgan fingerprint density at radius 2 is 2.03 bits per heavy atom. The summed E-state index contributed by atoms with van der Waals surface area (Å²) in [6.07, 6.45) is 4.90. The first-order valence-electron chi connectivity index (χ1n) is 10.5. The lowest BCUT2D eigenvalue weighted by molar-refractivity contribution is 0.321. The molecule has 0 spiro atoms.